The third-order valence-electron chi connectivity index (χ3n) is 3.79. The summed E-state index contributed by atoms with van der Waals surface area (Å²) in [6.45, 7) is 2.66. The molecule has 0 aliphatic carbocycles. The highest BCUT2D eigenvalue weighted by molar-refractivity contribution is 5.78. The Morgan fingerprint density at radius 3 is 2.27 bits per heavy atom. The highest BCUT2D eigenvalue weighted by atomic mass is 16.1. The van der Waals surface area contributed by atoms with E-state index in [0.29, 0.717) is 13.0 Å². The molecule has 3 nitrogen and oxygen atoms in total. The van der Waals surface area contributed by atoms with Crippen LogP contribution in [0, 0.1) is 6.92 Å². The molecule has 0 aliphatic heterocycles. The summed E-state index contributed by atoms with van der Waals surface area (Å²) in [5.41, 5.74) is 3.47. The zero-order valence-corrected chi connectivity index (χ0v) is 13.5. The number of nitrogens with zero attached hydrogens (tertiary/aromatic N) is 1. The van der Waals surface area contributed by atoms with Crippen LogP contribution in [0.15, 0.2) is 54.6 Å². The van der Waals surface area contributed by atoms with Crippen molar-refractivity contribution in [3.63, 3.8) is 0 Å². The summed E-state index contributed by atoms with van der Waals surface area (Å²) in [4.78, 5) is 14.3. The first-order valence-corrected chi connectivity index (χ1v) is 7.60. The van der Waals surface area contributed by atoms with E-state index < -0.39 is 0 Å². The van der Waals surface area contributed by atoms with Gasteiger partial charge in [0.2, 0.25) is 5.91 Å². The van der Waals surface area contributed by atoms with Crippen molar-refractivity contribution in [2.75, 3.05) is 20.6 Å². The third kappa shape index (κ3) is 4.71. The molecule has 116 valence electrons. The molecular formula is C19H24N2O. The average molecular weight is 296 g/mol. The third-order valence-corrected chi connectivity index (χ3v) is 3.79. The summed E-state index contributed by atoms with van der Waals surface area (Å²) in [6.07, 6.45) is 0.426. The summed E-state index contributed by atoms with van der Waals surface area (Å²) >= 11 is 0. The van der Waals surface area contributed by atoms with E-state index in [4.69, 9.17) is 0 Å². The summed E-state index contributed by atoms with van der Waals surface area (Å²) < 4.78 is 0. The first-order valence-electron chi connectivity index (χ1n) is 7.60. The zero-order chi connectivity index (χ0) is 15.9. The lowest BCUT2D eigenvalue weighted by Gasteiger charge is -2.25. The summed E-state index contributed by atoms with van der Waals surface area (Å²) in [7, 11) is 4.06. The Hall–Kier alpha value is -2.13. The molecule has 1 N–H and O–H groups in total. The van der Waals surface area contributed by atoms with Gasteiger partial charge in [0.25, 0.3) is 0 Å². The van der Waals surface area contributed by atoms with Gasteiger partial charge in [-0.3, -0.25) is 4.79 Å². The molecular weight excluding hydrogens is 272 g/mol. The SMILES string of the molecule is Cc1ccc(CC(=O)NCC(c2ccccc2)N(C)C)cc1. The molecule has 3 heteroatoms. The Morgan fingerprint density at radius 2 is 1.68 bits per heavy atom. The maximum atomic E-state index is 12.1. The van der Waals surface area contributed by atoms with Gasteiger partial charge in [-0.1, -0.05) is 60.2 Å². The van der Waals surface area contributed by atoms with Gasteiger partial charge in [-0.15, -0.1) is 0 Å². The Balaban J connectivity index is 1.92. The number of likely N-dealkylation sites (N-methyl/N-ethyl adjacent to an activating group) is 1. The molecule has 1 atom stereocenters. The fourth-order valence-electron chi connectivity index (χ4n) is 2.44. The highest BCUT2D eigenvalue weighted by Gasteiger charge is 2.14. The molecule has 1 unspecified atom stereocenters. The van der Waals surface area contributed by atoms with E-state index in [-0.39, 0.29) is 11.9 Å². The van der Waals surface area contributed by atoms with Crippen LogP contribution in [0.5, 0.6) is 0 Å². The molecule has 0 aliphatic rings. The van der Waals surface area contributed by atoms with Crippen molar-refractivity contribution >= 4 is 5.91 Å². The van der Waals surface area contributed by atoms with Crippen LogP contribution in [0.4, 0.5) is 0 Å². The second kappa shape index (κ2) is 7.76. The minimum absolute atomic E-state index is 0.0617. The van der Waals surface area contributed by atoms with Gasteiger partial charge in [-0.2, -0.15) is 0 Å². The van der Waals surface area contributed by atoms with E-state index >= 15 is 0 Å². The Kier molecular flexibility index (Phi) is 5.73. The molecule has 0 spiro atoms. The lowest BCUT2D eigenvalue weighted by Crippen LogP contribution is -2.35. The van der Waals surface area contributed by atoms with Crippen LogP contribution in [0.3, 0.4) is 0 Å². The number of amides is 1. The molecule has 2 rings (SSSR count). The average Bonchev–Trinajstić information content (AvgIpc) is 2.50. The van der Waals surface area contributed by atoms with Crippen LogP contribution in [0.25, 0.3) is 0 Å². The standard InChI is InChI=1S/C19H24N2O/c1-15-9-11-16(12-10-15)13-19(22)20-14-18(21(2)3)17-7-5-4-6-8-17/h4-12,18H,13-14H2,1-3H3,(H,20,22). The number of hydrogen-bond acceptors (Lipinski definition) is 2. The number of rotatable bonds is 6. The molecule has 22 heavy (non-hydrogen) atoms. The van der Waals surface area contributed by atoms with Gasteiger partial charge in [0.15, 0.2) is 0 Å². The molecule has 0 saturated heterocycles. The number of carbonyl (C=O) groups is 1. The summed E-state index contributed by atoms with van der Waals surface area (Å²) in [5.74, 6) is 0.0617. The van der Waals surface area contributed by atoms with Crippen LogP contribution in [0.1, 0.15) is 22.7 Å². The number of benzene rings is 2. The summed E-state index contributed by atoms with van der Waals surface area (Å²) in [6, 6.07) is 18.5. The zero-order valence-electron chi connectivity index (χ0n) is 13.5. The van der Waals surface area contributed by atoms with Crippen LogP contribution in [-0.2, 0) is 11.2 Å². The fourth-order valence-corrected chi connectivity index (χ4v) is 2.44. The highest BCUT2D eigenvalue weighted by Crippen LogP contribution is 2.16. The second-order valence-electron chi connectivity index (χ2n) is 5.86. The second-order valence-corrected chi connectivity index (χ2v) is 5.86. The van der Waals surface area contributed by atoms with Crippen LogP contribution >= 0.6 is 0 Å². The van der Waals surface area contributed by atoms with Crippen LogP contribution in [-0.4, -0.2) is 31.4 Å². The Bertz CT molecular complexity index is 591. The maximum Gasteiger partial charge on any atom is 0.224 e. The molecule has 2 aromatic carbocycles. The first kappa shape index (κ1) is 16.2. The van der Waals surface area contributed by atoms with E-state index in [1.165, 1.54) is 11.1 Å². The molecule has 0 saturated carbocycles. The van der Waals surface area contributed by atoms with E-state index in [1.807, 2.05) is 63.5 Å². The maximum absolute atomic E-state index is 12.1. The Morgan fingerprint density at radius 1 is 1.05 bits per heavy atom. The van der Waals surface area contributed by atoms with Crippen molar-refractivity contribution in [2.24, 2.45) is 0 Å². The molecule has 0 heterocycles. The van der Waals surface area contributed by atoms with Crippen molar-refractivity contribution in [3.8, 4) is 0 Å². The molecule has 1 amide bonds. The van der Waals surface area contributed by atoms with Crippen LogP contribution in [0.2, 0.25) is 0 Å². The quantitative estimate of drug-likeness (QED) is 0.889. The van der Waals surface area contributed by atoms with Crippen molar-refractivity contribution in [3.05, 3.63) is 71.3 Å². The van der Waals surface area contributed by atoms with Gasteiger partial charge in [-0.25, -0.2) is 0 Å². The Labute approximate surface area is 133 Å². The molecule has 2 aromatic rings. The van der Waals surface area contributed by atoms with Crippen molar-refractivity contribution in [2.45, 2.75) is 19.4 Å². The minimum Gasteiger partial charge on any atom is -0.354 e. The molecule has 0 aromatic heterocycles. The summed E-state index contributed by atoms with van der Waals surface area (Å²) in [5, 5.41) is 3.05. The van der Waals surface area contributed by atoms with Gasteiger partial charge in [0.05, 0.1) is 12.5 Å². The lowest BCUT2D eigenvalue weighted by molar-refractivity contribution is -0.120. The number of hydrogen-bond donors (Lipinski definition) is 1. The van der Waals surface area contributed by atoms with Crippen LogP contribution < -0.4 is 5.32 Å². The van der Waals surface area contributed by atoms with Gasteiger partial charge < -0.3 is 10.2 Å². The largest absolute Gasteiger partial charge is 0.354 e. The molecule has 0 radical (unpaired) electrons. The van der Waals surface area contributed by atoms with E-state index in [2.05, 4.69) is 22.3 Å². The lowest BCUT2D eigenvalue weighted by atomic mass is 10.1. The van der Waals surface area contributed by atoms with Gasteiger partial charge in [0.1, 0.15) is 0 Å². The molecule has 0 bridgehead atoms. The predicted molar refractivity (Wildman–Crippen MR) is 90.8 cm³/mol. The normalized spacial score (nSPS) is 12.2. The van der Waals surface area contributed by atoms with Crippen molar-refractivity contribution in [1.29, 1.82) is 0 Å². The predicted octanol–water partition coefficient (Wildman–Crippen LogP) is 2.96. The minimum atomic E-state index is 0.0617. The number of aryl methyl sites for hydroxylation is 1. The first-order chi connectivity index (χ1) is 10.6. The van der Waals surface area contributed by atoms with E-state index in [0.717, 1.165) is 5.56 Å². The van der Waals surface area contributed by atoms with E-state index in [1.54, 1.807) is 0 Å². The fraction of sp³-hybridized carbons (Fsp3) is 0.316. The van der Waals surface area contributed by atoms with E-state index in [9.17, 15) is 4.79 Å². The monoisotopic (exact) mass is 296 g/mol. The smallest absolute Gasteiger partial charge is 0.224 e. The number of carbonyl (C=O) groups excluding carboxylic acids is 1. The van der Waals surface area contributed by atoms with Crippen molar-refractivity contribution < 1.29 is 4.79 Å². The van der Waals surface area contributed by atoms with Gasteiger partial charge in [-0.05, 0) is 32.1 Å². The molecule has 0 fully saturated rings. The topological polar surface area (TPSA) is 32.3 Å². The van der Waals surface area contributed by atoms with Gasteiger partial charge >= 0.3 is 0 Å². The number of nitrogens with one attached hydrogen (secondary N) is 1. The van der Waals surface area contributed by atoms with Crippen molar-refractivity contribution in [1.82, 2.24) is 10.2 Å². The van der Waals surface area contributed by atoms with Gasteiger partial charge in [0, 0.05) is 6.54 Å².